The molecule has 6 nitrogen and oxygen atoms in total. The molecule has 0 bridgehead atoms. The molecule has 0 spiro atoms. The van der Waals surface area contributed by atoms with Gasteiger partial charge in [-0.1, -0.05) is 0 Å². The third-order valence-corrected chi connectivity index (χ3v) is 3.36. The number of anilines is 1. The van der Waals surface area contributed by atoms with Crippen molar-refractivity contribution in [2.24, 2.45) is 0 Å². The molecule has 0 saturated carbocycles. The first-order chi connectivity index (χ1) is 10.2. The van der Waals surface area contributed by atoms with Crippen molar-refractivity contribution in [1.82, 2.24) is 5.32 Å². The van der Waals surface area contributed by atoms with Gasteiger partial charge >= 0.3 is 0 Å². The molecule has 114 valence electrons. The molecule has 0 radical (unpaired) electrons. The SMILES string of the molecule is CCOCCNC(=O)C1CC(=O)Nc2ccc(OC)cc21. The molecule has 2 N–H and O–H groups in total. The third kappa shape index (κ3) is 3.72. The maximum absolute atomic E-state index is 12.3. The van der Waals surface area contributed by atoms with Crippen molar-refractivity contribution in [1.29, 1.82) is 0 Å². The van der Waals surface area contributed by atoms with Gasteiger partial charge in [0.15, 0.2) is 0 Å². The van der Waals surface area contributed by atoms with Crippen LogP contribution in [0.15, 0.2) is 18.2 Å². The summed E-state index contributed by atoms with van der Waals surface area (Å²) >= 11 is 0. The van der Waals surface area contributed by atoms with E-state index in [0.717, 1.165) is 5.56 Å². The molecule has 1 aromatic rings. The van der Waals surface area contributed by atoms with Gasteiger partial charge in [-0.25, -0.2) is 0 Å². The molecule has 1 atom stereocenters. The third-order valence-electron chi connectivity index (χ3n) is 3.36. The van der Waals surface area contributed by atoms with Crippen molar-refractivity contribution in [3.63, 3.8) is 0 Å². The minimum absolute atomic E-state index is 0.140. The minimum Gasteiger partial charge on any atom is -0.497 e. The van der Waals surface area contributed by atoms with Crippen molar-refractivity contribution < 1.29 is 19.1 Å². The van der Waals surface area contributed by atoms with Gasteiger partial charge in [-0.3, -0.25) is 9.59 Å². The van der Waals surface area contributed by atoms with Crippen LogP contribution < -0.4 is 15.4 Å². The molecule has 1 unspecified atom stereocenters. The van der Waals surface area contributed by atoms with Gasteiger partial charge in [0, 0.05) is 25.3 Å². The molecule has 2 amide bonds. The molecular formula is C15H20N2O4. The van der Waals surface area contributed by atoms with Crippen LogP contribution in [0.25, 0.3) is 0 Å². The van der Waals surface area contributed by atoms with Gasteiger partial charge in [0.05, 0.1) is 19.6 Å². The Bertz CT molecular complexity index is 530. The summed E-state index contributed by atoms with van der Waals surface area (Å²) in [5.74, 6) is -0.154. The normalized spacial score (nSPS) is 16.9. The molecule has 1 aliphatic rings. The Labute approximate surface area is 123 Å². The Morgan fingerprint density at radius 3 is 3.00 bits per heavy atom. The molecular weight excluding hydrogens is 272 g/mol. The number of nitrogens with one attached hydrogen (secondary N) is 2. The highest BCUT2D eigenvalue weighted by Gasteiger charge is 2.30. The van der Waals surface area contributed by atoms with Gasteiger partial charge in [0.1, 0.15) is 5.75 Å². The molecule has 0 aromatic heterocycles. The Morgan fingerprint density at radius 1 is 1.48 bits per heavy atom. The standard InChI is InChI=1S/C15H20N2O4/c1-3-21-7-6-16-15(19)12-9-14(18)17-13-5-4-10(20-2)8-11(12)13/h4-5,8,12H,3,6-7,9H2,1-2H3,(H,16,19)(H,17,18). The summed E-state index contributed by atoms with van der Waals surface area (Å²) in [6.07, 6.45) is 0.140. The van der Waals surface area contributed by atoms with Gasteiger partial charge in [0.25, 0.3) is 0 Å². The van der Waals surface area contributed by atoms with Crippen LogP contribution in [-0.2, 0) is 14.3 Å². The number of carbonyl (C=O) groups is 2. The highest BCUT2D eigenvalue weighted by molar-refractivity contribution is 6.01. The maximum Gasteiger partial charge on any atom is 0.228 e. The first kappa shape index (κ1) is 15.3. The summed E-state index contributed by atoms with van der Waals surface area (Å²) in [4.78, 5) is 24.0. The molecule has 2 rings (SSSR count). The fourth-order valence-electron chi connectivity index (χ4n) is 2.31. The lowest BCUT2D eigenvalue weighted by Crippen LogP contribution is -2.36. The van der Waals surface area contributed by atoms with Crippen LogP contribution in [0.3, 0.4) is 0 Å². The predicted octanol–water partition coefficient (Wildman–Crippen LogP) is 1.27. The lowest BCUT2D eigenvalue weighted by Gasteiger charge is -2.25. The zero-order chi connectivity index (χ0) is 15.2. The number of fused-ring (bicyclic) bond motifs is 1. The number of amides is 2. The average Bonchev–Trinajstić information content (AvgIpc) is 2.50. The Hall–Kier alpha value is -2.08. The van der Waals surface area contributed by atoms with Gasteiger partial charge in [-0.05, 0) is 30.7 Å². The van der Waals surface area contributed by atoms with Crippen LogP contribution >= 0.6 is 0 Å². The molecule has 0 aliphatic carbocycles. The van der Waals surface area contributed by atoms with E-state index in [4.69, 9.17) is 9.47 Å². The molecule has 0 saturated heterocycles. The Morgan fingerprint density at radius 2 is 2.29 bits per heavy atom. The summed E-state index contributed by atoms with van der Waals surface area (Å²) in [5, 5.41) is 5.57. The van der Waals surface area contributed by atoms with Gasteiger partial charge in [0.2, 0.25) is 11.8 Å². The van der Waals surface area contributed by atoms with Crippen LogP contribution in [0, 0.1) is 0 Å². The molecule has 0 fully saturated rings. The van der Waals surface area contributed by atoms with E-state index in [-0.39, 0.29) is 18.2 Å². The monoisotopic (exact) mass is 292 g/mol. The van der Waals surface area contributed by atoms with E-state index in [1.807, 2.05) is 6.92 Å². The summed E-state index contributed by atoms with van der Waals surface area (Å²) in [7, 11) is 1.57. The second kappa shape index (κ2) is 7.08. The van der Waals surface area contributed by atoms with Crippen LogP contribution in [0.4, 0.5) is 5.69 Å². The Balaban J connectivity index is 2.12. The summed E-state index contributed by atoms with van der Waals surface area (Å²) < 4.78 is 10.4. The van der Waals surface area contributed by atoms with Crippen LogP contribution in [0.1, 0.15) is 24.8 Å². The number of ether oxygens (including phenoxy) is 2. The van der Waals surface area contributed by atoms with Gasteiger partial charge in [-0.2, -0.15) is 0 Å². The Kier molecular flexibility index (Phi) is 5.16. The lowest BCUT2D eigenvalue weighted by atomic mass is 9.89. The van der Waals surface area contributed by atoms with Crippen LogP contribution in [0.5, 0.6) is 5.75 Å². The second-order valence-electron chi connectivity index (χ2n) is 4.75. The highest BCUT2D eigenvalue weighted by atomic mass is 16.5. The smallest absolute Gasteiger partial charge is 0.228 e. The van der Waals surface area contributed by atoms with E-state index in [2.05, 4.69) is 10.6 Å². The number of methoxy groups -OCH3 is 1. The highest BCUT2D eigenvalue weighted by Crippen LogP contribution is 2.34. The van der Waals surface area contributed by atoms with Crippen molar-refractivity contribution in [3.8, 4) is 5.75 Å². The minimum atomic E-state index is -0.495. The number of hydrogen-bond donors (Lipinski definition) is 2. The predicted molar refractivity (Wildman–Crippen MR) is 78.5 cm³/mol. The largest absolute Gasteiger partial charge is 0.497 e. The zero-order valence-electron chi connectivity index (χ0n) is 12.3. The molecule has 1 heterocycles. The number of hydrogen-bond acceptors (Lipinski definition) is 4. The van der Waals surface area contributed by atoms with E-state index in [9.17, 15) is 9.59 Å². The van der Waals surface area contributed by atoms with Crippen molar-refractivity contribution in [3.05, 3.63) is 23.8 Å². The van der Waals surface area contributed by atoms with Gasteiger partial charge < -0.3 is 20.1 Å². The van der Waals surface area contributed by atoms with Crippen molar-refractivity contribution in [2.45, 2.75) is 19.3 Å². The summed E-state index contributed by atoms with van der Waals surface area (Å²) in [5.41, 5.74) is 1.44. The second-order valence-corrected chi connectivity index (χ2v) is 4.75. The number of rotatable bonds is 6. The summed E-state index contributed by atoms with van der Waals surface area (Å²) in [6.45, 7) is 3.41. The van der Waals surface area contributed by atoms with Crippen LogP contribution in [-0.4, -0.2) is 38.7 Å². The van der Waals surface area contributed by atoms with E-state index < -0.39 is 5.92 Å². The lowest BCUT2D eigenvalue weighted by molar-refractivity contribution is -0.126. The number of benzene rings is 1. The number of carbonyl (C=O) groups excluding carboxylic acids is 2. The van der Waals surface area contributed by atoms with E-state index in [1.54, 1.807) is 25.3 Å². The zero-order valence-corrected chi connectivity index (χ0v) is 12.3. The fraction of sp³-hybridized carbons (Fsp3) is 0.467. The first-order valence-corrected chi connectivity index (χ1v) is 6.99. The van der Waals surface area contributed by atoms with Crippen molar-refractivity contribution >= 4 is 17.5 Å². The van der Waals surface area contributed by atoms with Crippen molar-refractivity contribution in [2.75, 3.05) is 32.2 Å². The molecule has 1 aliphatic heterocycles. The summed E-state index contributed by atoms with van der Waals surface area (Å²) in [6, 6.07) is 5.31. The topological polar surface area (TPSA) is 76.7 Å². The van der Waals surface area contributed by atoms with E-state index in [0.29, 0.717) is 31.2 Å². The van der Waals surface area contributed by atoms with E-state index >= 15 is 0 Å². The molecule has 21 heavy (non-hydrogen) atoms. The quantitative estimate of drug-likeness (QED) is 0.774. The fourth-order valence-corrected chi connectivity index (χ4v) is 2.31. The van der Waals surface area contributed by atoms with Crippen LogP contribution in [0.2, 0.25) is 0 Å². The maximum atomic E-state index is 12.3. The molecule has 1 aromatic carbocycles. The van der Waals surface area contributed by atoms with E-state index in [1.165, 1.54) is 0 Å². The average molecular weight is 292 g/mol. The van der Waals surface area contributed by atoms with Gasteiger partial charge in [-0.15, -0.1) is 0 Å². The first-order valence-electron chi connectivity index (χ1n) is 6.99. The molecule has 6 heteroatoms.